The first-order chi connectivity index (χ1) is 11.4. The van der Waals surface area contributed by atoms with E-state index in [1.807, 2.05) is 20.8 Å². The van der Waals surface area contributed by atoms with Gasteiger partial charge in [0.2, 0.25) is 0 Å². The summed E-state index contributed by atoms with van der Waals surface area (Å²) < 4.78 is 16.6. The second-order valence-corrected chi connectivity index (χ2v) is 6.79. The average molecular weight is 448 g/mol. The molecule has 24 heavy (non-hydrogen) atoms. The Morgan fingerprint density at radius 1 is 1.08 bits per heavy atom. The van der Waals surface area contributed by atoms with E-state index in [-0.39, 0.29) is 18.8 Å². The summed E-state index contributed by atoms with van der Waals surface area (Å²) in [5.41, 5.74) is 0.717. The summed E-state index contributed by atoms with van der Waals surface area (Å²) in [6, 6.07) is 4.92. The van der Waals surface area contributed by atoms with Crippen LogP contribution in [-0.4, -0.2) is 37.9 Å². The van der Waals surface area contributed by atoms with Crippen LogP contribution in [0.4, 0.5) is 0 Å². The Morgan fingerprint density at radius 3 is 2.21 bits per heavy atom. The zero-order chi connectivity index (χ0) is 18.1. The van der Waals surface area contributed by atoms with Gasteiger partial charge in [-0.1, -0.05) is 13.8 Å². The molecule has 0 spiro atoms. The van der Waals surface area contributed by atoms with Crippen LogP contribution >= 0.6 is 22.6 Å². The van der Waals surface area contributed by atoms with Gasteiger partial charge in [0.15, 0.2) is 0 Å². The lowest BCUT2D eigenvalue weighted by atomic mass is 10.1. The fraction of sp³-hybridized carbons (Fsp3) is 0.556. The second kappa shape index (κ2) is 10.7. The van der Waals surface area contributed by atoms with Crippen LogP contribution in [0.3, 0.4) is 0 Å². The summed E-state index contributed by atoms with van der Waals surface area (Å²) in [4.78, 5) is 24.4. The highest BCUT2D eigenvalue weighted by Crippen LogP contribution is 2.16. The highest BCUT2D eigenvalue weighted by molar-refractivity contribution is 14.1. The number of ether oxygens (including phenoxy) is 3. The summed E-state index contributed by atoms with van der Waals surface area (Å²) in [7, 11) is 1.61. The summed E-state index contributed by atoms with van der Waals surface area (Å²) in [6.45, 7) is 6.12. The molecule has 0 amide bonds. The molecule has 0 aliphatic rings. The van der Waals surface area contributed by atoms with Crippen molar-refractivity contribution in [1.29, 1.82) is 0 Å². The van der Waals surface area contributed by atoms with Gasteiger partial charge in [0.25, 0.3) is 0 Å². The fourth-order valence-electron chi connectivity index (χ4n) is 2.02. The van der Waals surface area contributed by atoms with Crippen LogP contribution in [0.25, 0.3) is 0 Å². The normalized spacial score (nSPS) is 12.1. The van der Waals surface area contributed by atoms with Crippen LogP contribution in [0.2, 0.25) is 0 Å². The molecule has 0 bridgehead atoms. The van der Waals surface area contributed by atoms with Gasteiger partial charge in [0.05, 0.1) is 23.8 Å². The molecule has 6 heteroatoms. The zero-order valence-corrected chi connectivity index (χ0v) is 16.8. The SMILES string of the molecule is CCC(CC)OC(=O)c1cc(I)cc(C(=O)OCC[C@H](C)OC)c1. The molecule has 1 atom stereocenters. The van der Waals surface area contributed by atoms with Gasteiger partial charge in [-0.25, -0.2) is 9.59 Å². The molecular formula is C18H25IO5. The molecule has 1 aromatic rings. The molecule has 0 aromatic heterocycles. The first-order valence-electron chi connectivity index (χ1n) is 8.12. The first-order valence-corrected chi connectivity index (χ1v) is 9.20. The van der Waals surface area contributed by atoms with Crippen LogP contribution in [0.5, 0.6) is 0 Å². The van der Waals surface area contributed by atoms with Crippen LogP contribution in [0.15, 0.2) is 18.2 Å². The number of rotatable bonds is 9. The van der Waals surface area contributed by atoms with Crippen LogP contribution in [0.1, 0.15) is 60.7 Å². The largest absolute Gasteiger partial charge is 0.462 e. The number of halogens is 1. The van der Waals surface area contributed by atoms with Crippen LogP contribution in [-0.2, 0) is 14.2 Å². The van der Waals surface area contributed by atoms with E-state index in [0.717, 1.165) is 16.4 Å². The molecule has 0 saturated carbocycles. The Kier molecular flexibility index (Phi) is 9.28. The molecular weight excluding hydrogens is 423 g/mol. The Morgan fingerprint density at radius 2 is 1.67 bits per heavy atom. The van der Waals surface area contributed by atoms with E-state index in [1.165, 1.54) is 6.07 Å². The molecule has 0 unspecified atom stereocenters. The highest BCUT2D eigenvalue weighted by Gasteiger charge is 2.17. The Hall–Kier alpha value is -1.15. The molecule has 0 aliphatic heterocycles. The van der Waals surface area contributed by atoms with Gasteiger partial charge >= 0.3 is 11.9 Å². The Labute approximate surface area is 157 Å². The van der Waals surface area contributed by atoms with Crippen molar-refractivity contribution in [3.05, 3.63) is 32.9 Å². The van der Waals surface area contributed by atoms with Crippen molar-refractivity contribution in [3.63, 3.8) is 0 Å². The number of carbonyl (C=O) groups is 2. The summed E-state index contributed by atoms with van der Waals surface area (Å²) in [5, 5.41) is 0. The maximum absolute atomic E-state index is 12.2. The summed E-state index contributed by atoms with van der Waals surface area (Å²) in [5.74, 6) is -0.863. The number of hydrogen-bond donors (Lipinski definition) is 0. The molecule has 0 N–H and O–H groups in total. The van der Waals surface area contributed by atoms with Crippen molar-refractivity contribution < 1.29 is 23.8 Å². The molecule has 1 rings (SSSR count). The number of methoxy groups -OCH3 is 1. The van der Waals surface area contributed by atoms with E-state index in [1.54, 1.807) is 19.2 Å². The molecule has 1 aromatic carbocycles. The lowest BCUT2D eigenvalue weighted by Crippen LogP contribution is -2.17. The lowest BCUT2D eigenvalue weighted by molar-refractivity contribution is 0.0284. The molecule has 0 saturated heterocycles. The number of benzene rings is 1. The molecule has 0 aliphatic carbocycles. The molecule has 134 valence electrons. The van der Waals surface area contributed by atoms with E-state index < -0.39 is 11.9 Å². The lowest BCUT2D eigenvalue weighted by Gasteiger charge is -2.14. The van der Waals surface area contributed by atoms with E-state index in [9.17, 15) is 9.59 Å². The van der Waals surface area contributed by atoms with Crippen molar-refractivity contribution in [2.45, 2.75) is 52.2 Å². The van der Waals surface area contributed by atoms with Crippen LogP contribution < -0.4 is 0 Å². The third kappa shape index (κ3) is 6.76. The molecule has 0 fully saturated rings. The van der Waals surface area contributed by atoms with E-state index in [0.29, 0.717) is 17.5 Å². The maximum atomic E-state index is 12.2. The second-order valence-electron chi connectivity index (χ2n) is 5.54. The average Bonchev–Trinajstić information content (AvgIpc) is 2.58. The third-order valence-electron chi connectivity index (χ3n) is 3.71. The quantitative estimate of drug-likeness (QED) is 0.418. The highest BCUT2D eigenvalue weighted by atomic mass is 127. The van der Waals surface area contributed by atoms with Gasteiger partial charge in [0, 0.05) is 17.1 Å². The van der Waals surface area contributed by atoms with Gasteiger partial charge in [-0.15, -0.1) is 0 Å². The van der Waals surface area contributed by atoms with Crippen molar-refractivity contribution in [3.8, 4) is 0 Å². The van der Waals surface area contributed by atoms with Crippen molar-refractivity contribution in [2.24, 2.45) is 0 Å². The van der Waals surface area contributed by atoms with Crippen molar-refractivity contribution >= 4 is 34.5 Å². The maximum Gasteiger partial charge on any atom is 0.338 e. The number of carbonyl (C=O) groups excluding carboxylic acids is 2. The van der Waals surface area contributed by atoms with E-state index >= 15 is 0 Å². The zero-order valence-electron chi connectivity index (χ0n) is 14.6. The first kappa shape index (κ1) is 20.9. The number of esters is 2. The van der Waals surface area contributed by atoms with Crippen LogP contribution in [0, 0.1) is 3.57 Å². The van der Waals surface area contributed by atoms with Gasteiger partial charge in [-0.2, -0.15) is 0 Å². The minimum atomic E-state index is -0.451. The molecule has 0 radical (unpaired) electrons. The molecule has 0 heterocycles. The van der Waals surface area contributed by atoms with Gasteiger partial charge in [0.1, 0.15) is 6.10 Å². The predicted molar refractivity (Wildman–Crippen MR) is 100 cm³/mol. The Balaban J connectivity index is 2.78. The van der Waals surface area contributed by atoms with Gasteiger partial charge in [-0.05, 0) is 60.6 Å². The standard InChI is InChI=1S/C18H25IO5/c1-5-16(6-2)24-18(21)14-9-13(10-15(19)11-14)17(20)23-8-7-12(3)22-4/h9-12,16H,5-8H2,1-4H3/t12-/m0/s1. The van der Waals surface area contributed by atoms with E-state index in [4.69, 9.17) is 14.2 Å². The van der Waals surface area contributed by atoms with Crippen molar-refractivity contribution in [2.75, 3.05) is 13.7 Å². The predicted octanol–water partition coefficient (Wildman–Crippen LogP) is 4.22. The van der Waals surface area contributed by atoms with Gasteiger partial charge in [-0.3, -0.25) is 0 Å². The van der Waals surface area contributed by atoms with Gasteiger partial charge < -0.3 is 14.2 Å². The van der Waals surface area contributed by atoms with E-state index in [2.05, 4.69) is 22.6 Å². The Bertz CT molecular complexity index is 554. The minimum absolute atomic E-state index is 0.0271. The monoisotopic (exact) mass is 448 g/mol. The summed E-state index contributed by atoms with van der Waals surface area (Å²) in [6.07, 6.45) is 2.06. The topological polar surface area (TPSA) is 61.8 Å². The van der Waals surface area contributed by atoms with Crippen molar-refractivity contribution in [1.82, 2.24) is 0 Å². The number of hydrogen-bond acceptors (Lipinski definition) is 5. The minimum Gasteiger partial charge on any atom is -0.462 e. The third-order valence-corrected chi connectivity index (χ3v) is 4.34. The summed E-state index contributed by atoms with van der Waals surface area (Å²) >= 11 is 2.07. The molecule has 5 nitrogen and oxygen atoms in total. The smallest absolute Gasteiger partial charge is 0.338 e. The fourth-order valence-corrected chi connectivity index (χ4v) is 2.69.